The number of hydrogen-bond donors (Lipinski definition) is 0. The molecule has 6 rings (SSSR count). The Morgan fingerprint density at radius 2 is 1.19 bits per heavy atom. The Kier molecular flexibility index (Phi) is 7.10. The number of hydrogen-bond acceptors (Lipinski definition) is 1. The van der Waals surface area contributed by atoms with Crippen molar-refractivity contribution in [2.24, 2.45) is 0 Å². The molecule has 2 heteroatoms. The third-order valence-corrected chi connectivity index (χ3v) is 37.0. The van der Waals surface area contributed by atoms with Gasteiger partial charge in [-0.25, -0.2) is 0 Å². The molecule has 0 spiro atoms. The summed E-state index contributed by atoms with van der Waals surface area (Å²) in [6, 6.07) is 31.0. The zero-order valence-corrected chi connectivity index (χ0v) is 31.3. The first-order valence-electron chi connectivity index (χ1n) is 15.5. The van der Waals surface area contributed by atoms with Crippen LogP contribution in [0.2, 0.25) is 13.0 Å². The number of rotatable bonds is 4. The summed E-state index contributed by atoms with van der Waals surface area (Å²) in [4.78, 5) is 2.84. The Morgan fingerprint density at radius 1 is 0.667 bits per heavy atom. The zero-order valence-electron chi connectivity index (χ0n) is 26.9. The second-order valence-electron chi connectivity index (χ2n) is 15.6. The van der Waals surface area contributed by atoms with Crippen LogP contribution in [-0.2, 0) is 28.8 Å². The summed E-state index contributed by atoms with van der Waals surface area (Å²) in [6.07, 6.45) is 9.70. The summed E-state index contributed by atoms with van der Waals surface area (Å²) in [5.41, 5.74) is 10.4. The van der Waals surface area contributed by atoms with Crippen molar-refractivity contribution in [3.8, 4) is 11.1 Å². The molecule has 3 aromatic carbocycles. The van der Waals surface area contributed by atoms with Gasteiger partial charge in [-0.15, -0.1) is 0 Å². The SMILES string of the molecule is Cc1ccc([C](c2ccccc2)=[Hf]([CH3])([CH3])([CH]2C=CC=C2)[CH]2c3cc(C(C)(C)C)ccc3-c3ccc(C(C)(C)C)cc32)s1. The number of aryl methyl sites for hydroxylation is 1. The molecule has 2 aliphatic rings. The molecule has 2 aliphatic carbocycles. The van der Waals surface area contributed by atoms with Crippen molar-refractivity contribution in [3.05, 3.63) is 141 Å². The Hall–Kier alpha value is -2.42. The standard InChI is InChI=1S/C21H25.C12H10S.C5H5.2CH3.Hf/c1-20(2,3)16-7-9-18-14(12-16)11-15-13-17(21(4,5)6)8-10-19(15)18;1-10-7-8-12(13-10)9-11-5-3-2-4-6-11;1-2-4-5-3-1;;;/h7-13H,1-6H3;2-8H,1H3;1-5H;2*1H3;. The van der Waals surface area contributed by atoms with Crippen molar-refractivity contribution in [1.82, 2.24) is 0 Å². The second-order valence-corrected chi connectivity index (χ2v) is 41.9. The molecule has 0 aliphatic heterocycles. The molecule has 216 valence electrons. The monoisotopic (exact) mass is 738 g/mol. The van der Waals surface area contributed by atoms with Crippen LogP contribution in [0.3, 0.4) is 0 Å². The van der Waals surface area contributed by atoms with Crippen LogP contribution in [0.1, 0.15) is 82.8 Å². The summed E-state index contributed by atoms with van der Waals surface area (Å²) in [6.45, 7) is 16.4. The molecule has 4 aromatic rings. The number of thiophene rings is 1. The van der Waals surface area contributed by atoms with Crippen LogP contribution in [0.15, 0.2) is 103 Å². The van der Waals surface area contributed by atoms with Gasteiger partial charge in [0.25, 0.3) is 0 Å². The molecular weight excluding hydrogens is 691 g/mol. The van der Waals surface area contributed by atoms with E-state index < -0.39 is 18.0 Å². The van der Waals surface area contributed by atoms with E-state index >= 15 is 0 Å². The fraction of sp³-hybridized carbons (Fsp3) is 0.325. The molecule has 0 unspecified atom stereocenters. The number of benzene rings is 3. The molecule has 1 aromatic heterocycles. The molecule has 0 bridgehead atoms. The van der Waals surface area contributed by atoms with Gasteiger partial charge in [0, 0.05) is 0 Å². The van der Waals surface area contributed by atoms with Gasteiger partial charge in [0.1, 0.15) is 0 Å². The van der Waals surface area contributed by atoms with Crippen molar-refractivity contribution in [2.75, 3.05) is 0 Å². The van der Waals surface area contributed by atoms with Crippen molar-refractivity contribution in [1.29, 1.82) is 0 Å². The molecule has 0 N–H and O–H groups in total. The Morgan fingerprint density at radius 3 is 1.64 bits per heavy atom. The van der Waals surface area contributed by atoms with Crippen LogP contribution in [0.25, 0.3) is 11.1 Å². The summed E-state index contributed by atoms with van der Waals surface area (Å²) < 4.78 is 8.02. The summed E-state index contributed by atoms with van der Waals surface area (Å²) in [5.74, 6) is 0. The molecule has 0 nitrogen and oxygen atoms in total. The molecule has 0 radical (unpaired) electrons. The maximum absolute atomic E-state index is 4.40. The molecule has 42 heavy (non-hydrogen) atoms. The van der Waals surface area contributed by atoms with Gasteiger partial charge in [0.05, 0.1) is 0 Å². The van der Waals surface area contributed by atoms with E-state index in [1.54, 1.807) is 14.4 Å². The van der Waals surface area contributed by atoms with Gasteiger partial charge >= 0.3 is 260 Å². The van der Waals surface area contributed by atoms with Crippen molar-refractivity contribution < 1.29 is 18.0 Å². The normalized spacial score (nSPS) is 15.8. The van der Waals surface area contributed by atoms with Crippen LogP contribution >= 0.6 is 11.3 Å². The van der Waals surface area contributed by atoms with E-state index in [4.69, 9.17) is 0 Å². The summed E-state index contributed by atoms with van der Waals surface area (Å²) >= 11 is -2.42. The van der Waals surface area contributed by atoms with Gasteiger partial charge in [0.2, 0.25) is 0 Å². The predicted molar refractivity (Wildman–Crippen MR) is 184 cm³/mol. The number of allylic oxidation sites excluding steroid dienone is 4. The molecule has 0 atom stereocenters. The third-order valence-electron chi connectivity index (χ3n) is 10.2. The van der Waals surface area contributed by atoms with E-state index in [2.05, 4.69) is 161 Å². The van der Waals surface area contributed by atoms with Crippen molar-refractivity contribution >= 4 is 14.6 Å². The van der Waals surface area contributed by atoms with E-state index in [1.165, 1.54) is 37.6 Å². The molecular formula is C40H46HfS. The van der Waals surface area contributed by atoms with E-state index in [0.29, 0.717) is 7.35 Å². The van der Waals surface area contributed by atoms with Crippen LogP contribution in [0.4, 0.5) is 0 Å². The quantitative estimate of drug-likeness (QED) is 0.183. The van der Waals surface area contributed by atoms with Gasteiger partial charge in [-0.1, -0.05) is 0 Å². The van der Waals surface area contributed by atoms with Gasteiger partial charge in [-0.05, 0) is 0 Å². The van der Waals surface area contributed by atoms with Crippen LogP contribution < -0.4 is 0 Å². The molecule has 0 fully saturated rings. The minimum absolute atomic E-state index is 0.0861. The summed E-state index contributed by atoms with van der Waals surface area (Å²) in [5, 5.41) is 0. The second kappa shape index (κ2) is 10.1. The van der Waals surface area contributed by atoms with Crippen LogP contribution in [-0.4, -0.2) is 3.26 Å². The summed E-state index contributed by atoms with van der Waals surface area (Å²) in [7, 11) is 0. The number of fused-ring (bicyclic) bond motifs is 3. The Labute approximate surface area is 258 Å². The molecule has 0 saturated heterocycles. The van der Waals surface area contributed by atoms with Crippen LogP contribution in [0, 0.1) is 6.92 Å². The van der Waals surface area contributed by atoms with E-state index in [1.807, 2.05) is 11.3 Å². The fourth-order valence-corrected chi connectivity index (χ4v) is 36.1. The van der Waals surface area contributed by atoms with E-state index in [-0.39, 0.29) is 10.8 Å². The van der Waals surface area contributed by atoms with Gasteiger partial charge < -0.3 is 0 Å². The maximum atomic E-state index is 2.79. The topological polar surface area (TPSA) is 0 Å². The fourth-order valence-electron chi connectivity index (χ4n) is 7.84. The van der Waals surface area contributed by atoms with Gasteiger partial charge in [-0.2, -0.15) is 0 Å². The Bertz CT molecular complexity index is 1730. The van der Waals surface area contributed by atoms with E-state index in [9.17, 15) is 0 Å². The first kappa shape index (κ1) is 29.6. The Balaban J connectivity index is 1.84. The minimum atomic E-state index is -4.40. The molecule has 1 heterocycles. The van der Waals surface area contributed by atoms with Crippen molar-refractivity contribution in [3.63, 3.8) is 0 Å². The zero-order chi connectivity index (χ0) is 30.1. The first-order chi connectivity index (χ1) is 19.7. The van der Waals surface area contributed by atoms with Gasteiger partial charge in [-0.3, -0.25) is 0 Å². The van der Waals surface area contributed by atoms with Gasteiger partial charge in [0.15, 0.2) is 0 Å². The first-order valence-corrected chi connectivity index (χ1v) is 29.5. The molecule has 0 saturated carbocycles. The molecule has 0 amide bonds. The van der Waals surface area contributed by atoms with E-state index in [0.717, 1.165) is 0 Å². The van der Waals surface area contributed by atoms with Crippen LogP contribution in [0.5, 0.6) is 0 Å². The predicted octanol–water partition coefficient (Wildman–Crippen LogP) is 11.7. The van der Waals surface area contributed by atoms with Crippen molar-refractivity contribution in [2.45, 2.75) is 76.0 Å². The third kappa shape index (κ3) is 4.69. The average Bonchev–Trinajstić information content (AvgIpc) is 3.67. The average molecular weight is 737 g/mol.